The van der Waals surface area contributed by atoms with Crippen molar-refractivity contribution in [2.24, 2.45) is 5.92 Å². The smallest absolute Gasteiger partial charge is 0.328 e. The zero-order chi connectivity index (χ0) is 20.2. The third kappa shape index (κ3) is 2.58. The summed E-state index contributed by atoms with van der Waals surface area (Å²) in [6.07, 6.45) is 1.46. The molecule has 0 bridgehead atoms. The number of methoxy groups -OCH3 is 1. The molecule has 150 valence electrons. The van der Waals surface area contributed by atoms with Crippen LogP contribution in [-0.4, -0.2) is 51.5 Å². The number of aromatic nitrogens is 1. The van der Waals surface area contributed by atoms with E-state index in [4.69, 9.17) is 4.74 Å². The number of carbonyl (C=O) groups is 2. The summed E-state index contributed by atoms with van der Waals surface area (Å²) < 4.78 is 5.09. The lowest BCUT2D eigenvalue weighted by Gasteiger charge is -2.43. The number of rotatable bonds is 4. The van der Waals surface area contributed by atoms with Gasteiger partial charge < -0.3 is 14.6 Å². The molecule has 6 nitrogen and oxygen atoms in total. The number of H-pyrrole nitrogens is 1. The summed E-state index contributed by atoms with van der Waals surface area (Å²) in [5.41, 5.74) is 2.93. The molecule has 1 fully saturated rings. The third-order valence-corrected chi connectivity index (χ3v) is 6.72. The number of ether oxygens (including phenoxy) is 1. The molecule has 1 unspecified atom stereocenters. The molecule has 3 heterocycles. The number of nitrogens with one attached hydrogen (secondary N) is 1. The quantitative estimate of drug-likeness (QED) is 0.824. The summed E-state index contributed by atoms with van der Waals surface area (Å²) in [5.74, 6) is -0.285. The van der Waals surface area contributed by atoms with Crippen molar-refractivity contribution < 1.29 is 14.3 Å². The second-order valence-electron chi connectivity index (χ2n) is 8.53. The van der Waals surface area contributed by atoms with Crippen LogP contribution in [0.25, 0.3) is 10.9 Å². The Balaban J connectivity index is 1.75. The van der Waals surface area contributed by atoms with Crippen LogP contribution in [0.4, 0.5) is 0 Å². The molecule has 2 aliphatic rings. The maximum absolute atomic E-state index is 13.6. The standard InChI is InChI=1S/C22H29N3O3/c1-6-13(2)19(21(27)28-5)25-20(26)18-11-15-14-9-7-8-10-16(14)23-17(15)12-24(18)22(25,3)4/h7-10,13,18-19,23H,6,11-12H2,1-5H3/t13?,18-,19-/m0/s1. The first-order chi connectivity index (χ1) is 13.3. The topological polar surface area (TPSA) is 65.6 Å². The Hall–Kier alpha value is -2.34. The molecule has 0 radical (unpaired) electrons. The zero-order valence-corrected chi connectivity index (χ0v) is 17.3. The van der Waals surface area contributed by atoms with Crippen molar-refractivity contribution in [1.29, 1.82) is 0 Å². The van der Waals surface area contributed by atoms with Gasteiger partial charge in [-0.1, -0.05) is 38.5 Å². The Morgan fingerprint density at radius 3 is 2.75 bits per heavy atom. The minimum Gasteiger partial charge on any atom is -0.467 e. The molecule has 1 aromatic heterocycles. The first kappa shape index (κ1) is 19.0. The SMILES string of the molecule is CCC(C)[C@@H](C(=O)OC)N1C(=O)[C@@H]2Cc3c([nH]c4ccccc34)CN2C1(C)C. The van der Waals surface area contributed by atoms with E-state index in [9.17, 15) is 9.59 Å². The van der Waals surface area contributed by atoms with Gasteiger partial charge in [0.05, 0.1) is 18.8 Å². The molecule has 0 saturated carbocycles. The number of benzene rings is 1. The molecule has 1 N–H and O–H groups in total. The van der Waals surface area contributed by atoms with Crippen LogP contribution in [-0.2, 0) is 27.3 Å². The average molecular weight is 383 g/mol. The molecule has 1 aromatic carbocycles. The number of fused-ring (bicyclic) bond motifs is 4. The highest BCUT2D eigenvalue weighted by Gasteiger charge is 2.57. The van der Waals surface area contributed by atoms with E-state index in [1.807, 2.05) is 39.8 Å². The van der Waals surface area contributed by atoms with E-state index in [1.54, 1.807) is 4.90 Å². The van der Waals surface area contributed by atoms with Crippen molar-refractivity contribution in [3.63, 3.8) is 0 Å². The van der Waals surface area contributed by atoms with Crippen molar-refractivity contribution >= 4 is 22.8 Å². The van der Waals surface area contributed by atoms with Crippen LogP contribution in [0.3, 0.4) is 0 Å². The van der Waals surface area contributed by atoms with E-state index in [0.29, 0.717) is 13.0 Å². The van der Waals surface area contributed by atoms with Crippen LogP contribution >= 0.6 is 0 Å². The Morgan fingerprint density at radius 2 is 2.07 bits per heavy atom. The minimum atomic E-state index is -0.571. The van der Waals surface area contributed by atoms with Gasteiger partial charge in [-0.2, -0.15) is 0 Å². The largest absolute Gasteiger partial charge is 0.467 e. The van der Waals surface area contributed by atoms with Gasteiger partial charge in [0.15, 0.2) is 0 Å². The molecule has 1 saturated heterocycles. The number of amides is 1. The molecular weight excluding hydrogens is 354 g/mol. The summed E-state index contributed by atoms with van der Waals surface area (Å²) in [5, 5.41) is 1.19. The van der Waals surface area contributed by atoms with Crippen LogP contribution in [0, 0.1) is 5.92 Å². The van der Waals surface area contributed by atoms with Gasteiger partial charge in [-0.15, -0.1) is 0 Å². The summed E-state index contributed by atoms with van der Waals surface area (Å²) in [6, 6.07) is 7.42. The Bertz CT molecular complexity index is 932. The molecular formula is C22H29N3O3. The van der Waals surface area contributed by atoms with Crippen molar-refractivity contribution in [3.05, 3.63) is 35.5 Å². The average Bonchev–Trinajstić information content (AvgIpc) is 3.14. The highest BCUT2D eigenvalue weighted by molar-refractivity contribution is 5.92. The molecule has 2 aromatic rings. The number of hydrogen-bond acceptors (Lipinski definition) is 4. The number of hydrogen-bond donors (Lipinski definition) is 1. The molecule has 0 aliphatic carbocycles. The fraction of sp³-hybridized carbons (Fsp3) is 0.545. The third-order valence-electron chi connectivity index (χ3n) is 6.72. The van der Waals surface area contributed by atoms with Crippen LogP contribution in [0.15, 0.2) is 24.3 Å². The number of carbonyl (C=O) groups excluding carboxylic acids is 2. The first-order valence-electron chi connectivity index (χ1n) is 10.1. The first-order valence-corrected chi connectivity index (χ1v) is 10.1. The number of esters is 1. The summed E-state index contributed by atoms with van der Waals surface area (Å²) in [6.45, 7) is 8.79. The maximum atomic E-state index is 13.6. The van der Waals surface area contributed by atoms with Gasteiger partial charge in [0, 0.05) is 23.1 Å². The lowest BCUT2D eigenvalue weighted by Crippen LogP contribution is -2.58. The highest BCUT2D eigenvalue weighted by Crippen LogP contribution is 2.42. The fourth-order valence-corrected chi connectivity index (χ4v) is 4.99. The Morgan fingerprint density at radius 1 is 1.36 bits per heavy atom. The number of para-hydroxylation sites is 1. The second kappa shape index (κ2) is 6.62. The van der Waals surface area contributed by atoms with Gasteiger partial charge in [-0.25, -0.2) is 4.79 Å². The van der Waals surface area contributed by atoms with Gasteiger partial charge in [0.25, 0.3) is 0 Å². The van der Waals surface area contributed by atoms with Crippen LogP contribution in [0.5, 0.6) is 0 Å². The number of aromatic amines is 1. The predicted molar refractivity (Wildman–Crippen MR) is 108 cm³/mol. The molecule has 28 heavy (non-hydrogen) atoms. The van der Waals surface area contributed by atoms with Crippen LogP contribution in [0.2, 0.25) is 0 Å². The minimum absolute atomic E-state index is 0.0238. The van der Waals surface area contributed by atoms with Gasteiger partial charge in [-0.05, 0) is 37.8 Å². The van der Waals surface area contributed by atoms with Crippen molar-refractivity contribution in [3.8, 4) is 0 Å². The molecule has 4 rings (SSSR count). The lowest BCUT2D eigenvalue weighted by atomic mass is 9.95. The Labute approximate surface area is 165 Å². The van der Waals surface area contributed by atoms with Crippen molar-refractivity contribution in [2.75, 3.05) is 7.11 Å². The van der Waals surface area contributed by atoms with Crippen LogP contribution < -0.4 is 0 Å². The number of nitrogens with zero attached hydrogens (tertiary/aromatic N) is 2. The van der Waals surface area contributed by atoms with Gasteiger partial charge in [0.1, 0.15) is 6.04 Å². The summed E-state index contributed by atoms with van der Waals surface area (Å²) in [4.78, 5) is 33.8. The van der Waals surface area contributed by atoms with E-state index in [-0.39, 0.29) is 23.8 Å². The van der Waals surface area contributed by atoms with Gasteiger partial charge >= 0.3 is 5.97 Å². The highest BCUT2D eigenvalue weighted by atomic mass is 16.5. The van der Waals surface area contributed by atoms with E-state index >= 15 is 0 Å². The van der Waals surface area contributed by atoms with Crippen molar-refractivity contribution in [1.82, 2.24) is 14.8 Å². The van der Waals surface area contributed by atoms with E-state index < -0.39 is 11.7 Å². The van der Waals surface area contributed by atoms with E-state index in [1.165, 1.54) is 23.8 Å². The monoisotopic (exact) mass is 383 g/mol. The zero-order valence-electron chi connectivity index (χ0n) is 17.3. The molecule has 1 amide bonds. The van der Waals surface area contributed by atoms with Crippen LogP contribution in [0.1, 0.15) is 45.4 Å². The Kier molecular flexibility index (Phi) is 4.49. The molecule has 0 spiro atoms. The summed E-state index contributed by atoms with van der Waals surface area (Å²) >= 11 is 0. The lowest BCUT2D eigenvalue weighted by molar-refractivity contribution is -0.158. The van der Waals surface area contributed by atoms with Crippen molar-refractivity contribution in [2.45, 2.75) is 64.8 Å². The molecule has 2 aliphatic heterocycles. The predicted octanol–water partition coefficient (Wildman–Crippen LogP) is 3.06. The fourth-order valence-electron chi connectivity index (χ4n) is 4.99. The van der Waals surface area contributed by atoms with Gasteiger partial charge in [0.2, 0.25) is 5.91 Å². The second-order valence-corrected chi connectivity index (χ2v) is 8.53. The maximum Gasteiger partial charge on any atom is 0.328 e. The normalized spacial score (nSPS) is 23.4. The van der Waals surface area contributed by atoms with Gasteiger partial charge in [-0.3, -0.25) is 9.69 Å². The van der Waals surface area contributed by atoms with E-state index in [2.05, 4.69) is 22.0 Å². The van der Waals surface area contributed by atoms with E-state index in [0.717, 1.165) is 11.9 Å². The summed E-state index contributed by atoms with van der Waals surface area (Å²) in [7, 11) is 1.40. The molecule has 6 heteroatoms. The molecule has 3 atom stereocenters.